The van der Waals surface area contributed by atoms with E-state index in [2.05, 4.69) is 21.2 Å². The molecule has 2 rings (SSSR count). The largest absolute Gasteiger partial charge is 0.354 e. The number of rotatable bonds is 10. The highest BCUT2D eigenvalue weighted by Gasteiger charge is 2.30. The van der Waals surface area contributed by atoms with Gasteiger partial charge in [-0.25, -0.2) is 8.42 Å². The molecule has 0 aliphatic rings. The van der Waals surface area contributed by atoms with E-state index in [9.17, 15) is 18.0 Å². The van der Waals surface area contributed by atoms with Crippen LogP contribution in [-0.2, 0) is 26.2 Å². The van der Waals surface area contributed by atoms with Crippen LogP contribution in [0.4, 0.5) is 5.69 Å². The van der Waals surface area contributed by atoms with Crippen molar-refractivity contribution in [2.75, 3.05) is 23.7 Å². The normalized spacial score (nSPS) is 12.3. The van der Waals surface area contributed by atoms with E-state index in [0.29, 0.717) is 21.7 Å². The smallest absolute Gasteiger partial charge is 0.244 e. The molecule has 33 heavy (non-hydrogen) atoms. The van der Waals surface area contributed by atoms with E-state index in [1.165, 1.54) is 4.90 Å². The second-order valence-electron chi connectivity index (χ2n) is 8.21. The van der Waals surface area contributed by atoms with Crippen LogP contribution in [0.15, 0.2) is 53.0 Å². The summed E-state index contributed by atoms with van der Waals surface area (Å²) in [6.07, 6.45) is 1.05. The summed E-state index contributed by atoms with van der Waals surface area (Å²) in [5, 5.41) is 3.40. The molecular formula is C23H29BrClN3O4S. The predicted molar refractivity (Wildman–Crippen MR) is 136 cm³/mol. The minimum atomic E-state index is -3.76. The Balaban J connectivity index is 2.35. The third-order valence-corrected chi connectivity index (χ3v) is 6.78. The van der Waals surface area contributed by atoms with Gasteiger partial charge >= 0.3 is 0 Å². The van der Waals surface area contributed by atoms with Gasteiger partial charge in [0.15, 0.2) is 0 Å². The Morgan fingerprint density at radius 1 is 1.09 bits per heavy atom. The lowest BCUT2D eigenvalue weighted by Crippen LogP contribution is -2.51. The zero-order chi connectivity index (χ0) is 24.8. The van der Waals surface area contributed by atoms with Gasteiger partial charge in [-0.05, 0) is 48.7 Å². The standard InChI is InChI=1S/C23H29BrClN3O4S/c1-16(2)13-26-23(30)17(3)27(14-18-8-10-20(25)11-9-18)22(29)15-28(33(4,31)32)21-7-5-6-19(24)12-21/h5-12,16-17H,13-15H2,1-4H3,(H,26,30)/t17-/m0/s1. The van der Waals surface area contributed by atoms with E-state index >= 15 is 0 Å². The lowest BCUT2D eigenvalue weighted by Gasteiger charge is -2.31. The Kier molecular flexibility index (Phi) is 9.75. The lowest BCUT2D eigenvalue weighted by atomic mass is 10.1. The summed E-state index contributed by atoms with van der Waals surface area (Å²) in [5.41, 5.74) is 1.12. The maximum atomic E-state index is 13.4. The van der Waals surface area contributed by atoms with Crippen LogP contribution in [0.3, 0.4) is 0 Å². The van der Waals surface area contributed by atoms with Gasteiger partial charge in [0.05, 0.1) is 11.9 Å². The number of anilines is 1. The molecule has 2 amide bonds. The fraction of sp³-hybridized carbons (Fsp3) is 0.391. The summed E-state index contributed by atoms with van der Waals surface area (Å²) in [6.45, 7) is 5.74. The summed E-state index contributed by atoms with van der Waals surface area (Å²) >= 11 is 9.31. The number of carbonyl (C=O) groups excluding carboxylic acids is 2. The first kappa shape index (κ1) is 27.1. The molecule has 0 saturated carbocycles. The van der Waals surface area contributed by atoms with E-state index in [1.54, 1.807) is 55.5 Å². The Morgan fingerprint density at radius 2 is 1.73 bits per heavy atom. The van der Waals surface area contributed by atoms with Crippen molar-refractivity contribution in [3.8, 4) is 0 Å². The molecular weight excluding hydrogens is 530 g/mol. The maximum absolute atomic E-state index is 13.4. The average molecular weight is 559 g/mol. The first-order chi connectivity index (χ1) is 15.4. The first-order valence-electron chi connectivity index (χ1n) is 10.4. The van der Waals surface area contributed by atoms with Gasteiger partial charge in [0.25, 0.3) is 0 Å². The van der Waals surface area contributed by atoms with E-state index in [1.807, 2.05) is 13.8 Å². The van der Waals surface area contributed by atoms with Crippen molar-refractivity contribution in [3.05, 3.63) is 63.6 Å². The quantitative estimate of drug-likeness (QED) is 0.477. The van der Waals surface area contributed by atoms with Crippen molar-refractivity contribution in [2.24, 2.45) is 5.92 Å². The zero-order valence-electron chi connectivity index (χ0n) is 19.1. The highest BCUT2D eigenvalue weighted by Crippen LogP contribution is 2.23. The number of sulfonamides is 1. The number of hydrogen-bond donors (Lipinski definition) is 1. The molecule has 0 aromatic heterocycles. The molecule has 0 radical (unpaired) electrons. The number of halogens is 2. The lowest BCUT2D eigenvalue weighted by molar-refractivity contribution is -0.139. The van der Waals surface area contributed by atoms with E-state index in [-0.39, 0.29) is 18.4 Å². The van der Waals surface area contributed by atoms with Crippen molar-refractivity contribution < 1.29 is 18.0 Å². The summed E-state index contributed by atoms with van der Waals surface area (Å²) in [4.78, 5) is 27.6. The second-order valence-corrected chi connectivity index (χ2v) is 11.5. The maximum Gasteiger partial charge on any atom is 0.244 e. The molecule has 2 aromatic rings. The van der Waals surface area contributed by atoms with Crippen LogP contribution < -0.4 is 9.62 Å². The average Bonchev–Trinajstić information content (AvgIpc) is 2.73. The number of hydrogen-bond acceptors (Lipinski definition) is 4. The number of nitrogens with one attached hydrogen (secondary N) is 1. The third kappa shape index (κ3) is 8.32. The number of carbonyl (C=O) groups is 2. The van der Waals surface area contributed by atoms with Crippen LogP contribution >= 0.6 is 27.5 Å². The Labute approximate surface area is 209 Å². The van der Waals surface area contributed by atoms with Crippen LogP contribution in [0.1, 0.15) is 26.3 Å². The summed E-state index contributed by atoms with van der Waals surface area (Å²) in [5.74, 6) is -0.555. The number of nitrogens with zero attached hydrogens (tertiary/aromatic N) is 2. The van der Waals surface area contributed by atoms with Gasteiger partial charge in [0.2, 0.25) is 21.8 Å². The van der Waals surface area contributed by atoms with Crippen LogP contribution in [0, 0.1) is 5.92 Å². The number of benzene rings is 2. The topological polar surface area (TPSA) is 86.8 Å². The molecule has 0 fully saturated rings. The highest BCUT2D eigenvalue weighted by atomic mass is 79.9. The first-order valence-corrected chi connectivity index (χ1v) is 13.4. The van der Waals surface area contributed by atoms with Crippen LogP contribution in [0.25, 0.3) is 0 Å². The van der Waals surface area contributed by atoms with Gasteiger partial charge in [-0.15, -0.1) is 0 Å². The molecule has 0 heterocycles. The van der Waals surface area contributed by atoms with Crippen LogP contribution in [0.5, 0.6) is 0 Å². The molecule has 0 saturated heterocycles. The summed E-state index contributed by atoms with van der Waals surface area (Å²) in [6, 6.07) is 12.8. The Bertz CT molecular complexity index is 1080. The highest BCUT2D eigenvalue weighted by molar-refractivity contribution is 9.10. The fourth-order valence-corrected chi connectivity index (χ4v) is 4.42. The van der Waals surface area contributed by atoms with Crippen LogP contribution in [0.2, 0.25) is 5.02 Å². The molecule has 0 aliphatic carbocycles. The SMILES string of the molecule is CC(C)CNC(=O)[C@H](C)N(Cc1ccc(Cl)cc1)C(=O)CN(c1cccc(Br)c1)S(C)(=O)=O. The van der Waals surface area contributed by atoms with Crippen molar-refractivity contribution in [3.63, 3.8) is 0 Å². The minimum Gasteiger partial charge on any atom is -0.354 e. The van der Waals surface area contributed by atoms with Crippen molar-refractivity contribution in [1.82, 2.24) is 10.2 Å². The van der Waals surface area contributed by atoms with Gasteiger partial charge in [-0.2, -0.15) is 0 Å². The van der Waals surface area contributed by atoms with Crippen molar-refractivity contribution in [2.45, 2.75) is 33.4 Å². The Morgan fingerprint density at radius 3 is 2.27 bits per heavy atom. The van der Waals surface area contributed by atoms with Crippen LogP contribution in [-0.4, -0.2) is 50.5 Å². The van der Waals surface area contributed by atoms with Gasteiger partial charge in [0, 0.05) is 22.6 Å². The van der Waals surface area contributed by atoms with E-state index in [4.69, 9.17) is 11.6 Å². The second kappa shape index (κ2) is 11.9. The molecule has 7 nitrogen and oxygen atoms in total. The molecule has 0 unspecified atom stereocenters. The molecule has 2 aromatic carbocycles. The monoisotopic (exact) mass is 557 g/mol. The molecule has 1 N–H and O–H groups in total. The molecule has 0 aliphatic heterocycles. The van der Waals surface area contributed by atoms with Gasteiger partial charge in [-0.3, -0.25) is 13.9 Å². The van der Waals surface area contributed by atoms with Crippen molar-refractivity contribution in [1.29, 1.82) is 0 Å². The minimum absolute atomic E-state index is 0.127. The van der Waals surface area contributed by atoms with Gasteiger partial charge < -0.3 is 10.2 Å². The fourth-order valence-electron chi connectivity index (χ4n) is 3.07. The third-order valence-electron chi connectivity index (χ3n) is 4.89. The summed E-state index contributed by atoms with van der Waals surface area (Å²) in [7, 11) is -3.76. The molecule has 0 bridgehead atoms. The van der Waals surface area contributed by atoms with E-state index in [0.717, 1.165) is 16.1 Å². The molecule has 10 heteroatoms. The van der Waals surface area contributed by atoms with E-state index < -0.39 is 28.5 Å². The van der Waals surface area contributed by atoms with Crippen molar-refractivity contribution >= 4 is 55.1 Å². The predicted octanol–water partition coefficient (Wildman–Crippen LogP) is 4.06. The molecule has 1 atom stereocenters. The Hall–Kier alpha value is -2.10. The van der Waals surface area contributed by atoms with Gasteiger partial charge in [-0.1, -0.05) is 59.6 Å². The van der Waals surface area contributed by atoms with Gasteiger partial charge in [0.1, 0.15) is 12.6 Å². The zero-order valence-corrected chi connectivity index (χ0v) is 22.2. The molecule has 180 valence electrons. The number of amides is 2. The summed E-state index contributed by atoms with van der Waals surface area (Å²) < 4.78 is 26.8. The molecule has 0 spiro atoms.